The Labute approximate surface area is 139 Å². The maximum absolute atomic E-state index is 12.0. The highest BCUT2D eigenvalue weighted by molar-refractivity contribution is 5.78. The maximum Gasteiger partial charge on any atom is 0.421 e. The zero-order valence-corrected chi connectivity index (χ0v) is 13.0. The summed E-state index contributed by atoms with van der Waals surface area (Å²) in [6, 6.07) is 15.1. The van der Waals surface area contributed by atoms with Crippen LogP contribution < -0.4 is 16.3 Å². The fourth-order valence-electron chi connectivity index (χ4n) is 2.07. The van der Waals surface area contributed by atoms with E-state index in [1.807, 2.05) is 30.3 Å². The second kappa shape index (κ2) is 8.09. The smallest absolute Gasteiger partial charge is 0.421 e. The minimum Gasteiger partial charge on any atom is -0.464 e. The van der Waals surface area contributed by atoms with Crippen molar-refractivity contribution in [3.8, 4) is 5.75 Å². The molecule has 2 aromatic carbocycles. The molecular weight excluding hydrogens is 310 g/mol. The van der Waals surface area contributed by atoms with Gasteiger partial charge in [-0.05, 0) is 29.7 Å². The minimum absolute atomic E-state index is 0.0388. The molecule has 0 aliphatic carbocycles. The maximum atomic E-state index is 12.0. The molecule has 0 aliphatic rings. The van der Waals surface area contributed by atoms with Gasteiger partial charge in [0.15, 0.2) is 0 Å². The Hall–Kier alpha value is -2.90. The van der Waals surface area contributed by atoms with E-state index in [0.29, 0.717) is 22.7 Å². The second-order valence-electron chi connectivity index (χ2n) is 5.27. The van der Waals surface area contributed by atoms with Crippen LogP contribution in [0.5, 0.6) is 5.75 Å². The van der Waals surface area contributed by atoms with E-state index < -0.39 is 18.1 Å². The van der Waals surface area contributed by atoms with Crippen molar-refractivity contribution >= 4 is 12.1 Å². The number of carbonyl (C=O) groups excluding carboxylic acids is 1. The van der Waals surface area contributed by atoms with Gasteiger partial charge in [-0.2, -0.15) is 0 Å². The average molecular weight is 329 g/mol. The third-order valence-electron chi connectivity index (χ3n) is 3.34. The van der Waals surface area contributed by atoms with Gasteiger partial charge in [-0.15, -0.1) is 0 Å². The Morgan fingerprint density at radius 1 is 1.04 bits per heavy atom. The lowest BCUT2D eigenvalue weighted by atomic mass is 10.1. The lowest BCUT2D eigenvalue weighted by Gasteiger charge is -2.13. The number of amides is 1. The van der Waals surface area contributed by atoms with Crippen LogP contribution in [0.2, 0.25) is 0 Å². The van der Waals surface area contributed by atoms with Gasteiger partial charge in [-0.25, -0.2) is 20.4 Å². The average Bonchev–Trinajstić information content (AvgIpc) is 2.57. The van der Waals surface area contributed by atoms with Gasteiger partial charge in [0.05, 0.1) is 6.54 Å². The molecule has 1 amide bonds. The Morgan fingerprint density at radius 3 is 2.25 bits per heavy atom. The number of esters is 1. The van der Waals surface area contributed by atoms with E-state index in [4.69, 9.17) is 21.4 Å². The number of nitrogens with two attached hydrogens (primary N) is 2. The van der Waals surface area contributed by atoms with Crippen LogP contribution in [0.25, 0.3) is 0 Å². The van der Waals surface area contributed by atoms with Gasteiger partial charge in [0.2, 0.25) is 0 Å². The SMILES string of the molecule is N[C@@H](Cc1ccccc1)C(=O)Oc1ccc(CN(N)C(=O)O)cc1. The lowest BCUT2D eigenvalue weighted by Crippen LogP contribution is -2.36. The van der Waals surface area contributed by atoms with Gasteiger partial charge >= 0.3 is 12.1 Å². The third kappa shape index (κ3) is 5.08. The summed E-state index contributed by atoms with van der Waals surface area (Å²) in [4.78, 5) is 22.7. The van der Waals surface area contributed by atoms with E-state index in [-0.39, 0.29) is 6.54 Å². The molecule has 0 fully saturated rings. The van der Waals surface area contributed by atoms with Crippen molar-refractivity contribution in [1.29, 1.82) is 0 Å². The molecule has 1 atom stereocenters. The summed E-state index contributed by atoms with van der Waals surface area (Å²) >= 11 is 0. The van der Waals surface area contributed by atoms with E-state index in [1.54, 1.807) is 24.3 Å². The lowest BCUT2D eigenvalue weighted by molar-refractivity contribution is -0.135. The highest BCUT2D eigenvalue weighted by Gasteiger charge is 2.16. The fourth-order valence-corrected chi connectivity index (χ4v) is 2.07. The molecule has 0 spiro atoms. The van der Waals surface area contributed by atoms with Crippen LogP contribution in [-0.4, -0.2) is 28.2 Å². The Balaban J connectivity index is 1.90. The van der Waals surface area contributed by atoms with Crippen LogP contribution in [0.4, 0.5) is 4.79 Å². The molecule has 5 N–H and O–H groups in total. The summed E-state index contributed by atoms with van der Waals surface area (Å²) in [6.45, 7) is 0.0388. The van der Waals surface area contributed by atoms with E-state index >= 15 is 0 Å². The Kier molecular flexibility index (Phi) is 5.89. The summed E-state index contributed by atoms with van der Waals surface area (Å²) < 4.78 is 5.23. The van der Waals surface area contributed by atoms with Crippen LogP contribution in [-0.2, 0) is 17.8 Å². The largest absolute Gasteiger partial charge is 0.464 e. The number of carbonyl (C=O) groups is 2. The predicted octanol–water partition coefficient (Wildman–Crippen LogP) is 1.52. The predicted molar refractivity (Wildman–Crippen MR) is 88.0 cm³/mol. The van der Waals surface area contributed by atoms with E-state index in [0.717, 1.165) is 5.56 Å². The molecule has 2 aromatic rings. The highest BCUT2D eigenvalue weighted by atomic mass is 16.5. The van der Waals surface area contributed by atoms with Crippen molar-refractivity contribution in [2.24, 2.45) is 11.6 Å². The van der Waals surface area contributed by atoms with Crippen molar-refractivity contribution in [3.05, 3.63) is 65.7 Å². The molecular formula is C17H19N3O4. The zero-order chi connectivity index (χ0) is 17.5. The molecule has 0 radical (unpaired) electrons. The summed E-state index contributed by atoms with van der Waals surface area (Å²) in [5.41, 5.74) is 7.49. The van der Waals surface area contributed by atoms with Crippen LogP contribution in [0.1, 0.15) is 11.1 Å². The number of benzene rings is 2. The topological polar surface area (TPSA) is 119 Å². The molecule has 24 heavy (non-hydrogen) atoms. The molecule has 0 saturated heterocycles. The van der Waals surface area contributed by atoms with Crippen molar-refractivity contribution < 1.29 is 19.4 Å². The summed E-state index contributed by atoms with van der Waals surface area (Å²) in [5, 5.41) is 9.38. The number of hydrogen-bond acceptors (Lipinski definition) is 5. The van der Waals surface area contributed by atoms with Crippen LogP contribution >= 0.6 is 0 Å². The van der Waals surface area contributed by atoms with Crippen molar-refractivity contribution in [2.75, 3.05) is 0 Å². The molecule has 0 saturated carbocycles. The summed E-state index contributed by atoms with van der Waals surface area (Å²) in [7, 11) is 0. The number of ether oxygens (including phenoxy) is 1. The fraction of sp³-hybridized carbons (Fsp3) is 0.176. The standard InChI is InChI=1S/C17H19N3O4/c18-15(10-12-4-2-1-3-5-12)16(21)24-14-8-6-13(7-9-14)11-20(19)17(22)23/h1-9,15H,10-11,18-19H2,(H,22,23)/t15-/m0/s1. The summed E-state index contributed by atoms with van der Waals surface area (Å²) in [6.07, 6.45) is -0.837. The molecule has 0 unspecified atom stereocenters. The first kappa shape index (κ1) is 17.5. The van der Waals surface area contributed by atoms with Crippen LogP contribution in [0, 0.1) is 0 Å². The Morgan fingerprint density at radius 2 is 1.67 bits per heavy atom. The Bertz CT molecular complexity index is 689. The third-order valence-corrected chi connectivity index (χ3v) is 3.34. The number of carboxylic acid groups (broad SMARTS) is 1. The number of nitrogens with zero attached hydrogens (tertiary/aromatic N) is 1. The van der Waals surface area contributed by atoms with Gasteiger partial charge in [0, 0.05) is 0 Å². The molecule has 0 aromatic heterocycles. The van der Waals surface area contributed by atoms with Gasteiger partial charge < -0.3 is 15.6 Å². The summed E-state index contributed by atoms with van der Waals surface area (Å²) in [5.74, 6) is 5.12. The zero-order valence-electron chi connectivity index (χ0n) is 13.0. The quantitative estimate of drug-likeness (QED) is 0.243. The highest BCUT2D eigenvalue weighted by Crippen LogP contribution is 2.14. The van der Waals surface area contributed by atoms with Crippen molar-refractivity contribution in [1.82, 2.24) is 5.01 Å². The van der Waals surface area contributed by atoms with Crippen LogP contribution in [0.15, 0.2) is 54.6 Å². The monoisotopic (exact) mass is 329 g/mol. The minimum atomic E-state index is -1.22. The van der Waals surface area contributed by atoms with Gasteiger partial charge in [0.25, 0.3) is 0 Å². The number of hydrazine groups is 1. The molecule has 0 aliphatic heterocycles. The van der Waals surface area contributed by atoms with Crippen molar-refractivity contribution in [2.45, 2.75) is 19.0 Å². The van der Waals surface area contributed by atoms with E-state index in [1.165, 1.54) is 0 Å². The van der Waals surface area contributed by atoms with Gasteiger partial charge in [0.1, 0.15) is 11.8 Å². The molecule has 7 nitrogen and oxygen atoms in total. The normalized spacial score (nSPS) is 11.6. The first-order valence-corrected chi connectivity index (χ1v) is 7.31. The first-order valence-electron chi connectivity index (χ1n) is 7.31. The molecule has 126 valence electrons. The second-order valence-corrected chi connectivity index (χ2v) is 5.27. The molecule has 7 heteroatoms. The first-order chi connectivity index (χ1) is 11.5. The van der Waals surface area contributed by atoms with Crippen LogP contribution in [0.3, 0.4) is 0 Å². The number of hydrogen-bond donors (Lipinski definition) is 3. The van der Waals surface area contributed by atoms with Crippen molar-refractivity contribution in [3.63, 3.8) is 0 Å². The van der Waals surface area contributed by atoms with Gasteiger partial charge in [-0.1, -0.05) is 42.5 Å². The number of rotatable bonds is 6. The molecule has 2 rings (SSSR count). The molecule has 0 heterocycles. The molecule has 0 bridgehead atoms. The van der Waals surface area contributed by atoms with E-state index in [2.05, 4.69) is 0 Å². The van der Waals surface area contributed by atoms with E-state index in [9.17, 15) is 9.59 Å². The van der Waals surface area contributed by atoms with Gasteiger partial charge in [-0.3, -0.25) is 0 Å².